The molecule has 0 saturated carbocycles. The molecule has 3 N–H and O–H groups in total. The Morgan fingerprint density at radius 1 is 1.15 bits per heavy atom. The van der Waals surface area contributed by atoms with E-state index in [2.05, 4.69) is 24.1 Å². The molecule has 0 bridgehead atoms. The SMILES string of the molecule is CC(C)(CNC(=O)C(C)(C)C(C)(C)N)N1CCOCC1. The van der Waals surface area contributed by atoms with E-state index in [1.54, 1.807) is 0 Å². The molecule has 1 fully saturated rings. The molecule has 1 heterocycles. The fraction of sp³-hybridized carbons (Fsp3) is 0.933. The number of morpholine rings is 1. The van der Waals surface area contributed by atoms with Crippen LogP contribution in [0.5, 0.6) is 0 Å². The quantitative estimate of drug-likeness (QED) is 0.790. The molecule has 1 amide bonds. The van der Waals surface area contributed by atoms with Gasteiger partial charge in [0.25, 0.3) is 0 Å². The summed E-state index contributed by atoms with van der Waals surface area (Å²) in [5.41, 5.74) is 4.87. The number of amides is 1. The van der Waals surface area contributed by atoms with Crippen molar-refractivity contribution in [1.29, 1.82) is 0 Å². The summed E-state index contributed by atoms with van der Waals surface area (Å²) in [6, 6.07) is 0. The minimum atomic E-state index is -0.603. The molecule has 0 radical (unpaired) electrons. The molecule has 0 aromatic heterocycles. The van der Waals surface area contributed by atoms with Crippen molar-refractivity contribution >= 4 is 5.91 Å². The van der Waals surface area contributed by atoms with Crippen LogP contribution in [0.15, 0.2) is 0 Å². The molecular formula is C15H31N3O2. The number of nitrogens with one attached hydrogen (secondary N) is 1. The summed E-state index contributed by atoms with van der Waals surface area (Å²) in [5, 5.41) is 3.07. The van der Waals surface area contributed by atoms with Crippen molar-refractivity contribution in [3.05, 3.63) is 0 Å². The van der Waals surface area contributed by atoms with Gasteiger partial charge in [0.1, 0.15) is 0 Å². The van der Waals surface area contributed by atoms with E-state index in [1.807, 2.05) is 27.7 Å². The number of nitrogens with two attached hydrogens (primary N) is 1. The Kier molecular flexibility index (Phi) is 5.22. The lowest BCUT2D eigenvalue weighted by Gasteiger charge is -2.42. The lowest BCUT2D eigenvalue weighted by atomic mass is 9.74. The van der Waals surface area contributed by atoms with Crippen LogP contribution in [0.25, 0.3) is 0 Å². The number of carbonyl (C=O) groups excluding carboxylic acids is 1. The third-order valence-corrected chi connectivity index (χ3v) is 4.73. The van der Waals surface area contributed by atoms with Crippen molar-refractivity contribution < 1.29 is 9.53 Å². The Labute approximate surface area is 123 Å². The summed E-state index contributed by atoms with van der Waals surface area (Å²) in [4.78, 5) is 14.8. The first-order chi connectivity index (χ1) is 8.98. The molecule has 5 nitrogen and oxygen atoms in total. The largest absolute Gasteiger partial charge is 0.379 e. The van der Waals surface area contributed by atoms with Crippen molar-refractivity contribution in [1.82, 2.24) is 10.2 Å². The topological polar surface area (TPSA) is 67.6 Å². The zero-order valence-electron chi connectivity index (χ0n) is 13.9. The molecule has 5 heteroatoms. The van der Waals surface area contributed by atoms with E-state index in [1.165, 1.54) is 0 Å². The maximum atomic E-state index is 12.4. The first kappa shape index (κ1) is 17.4. The maximum Gasteiger partial charge on any atom is 0.227 e. The van der Waals surface area contributed by atoms with Crippen molar-refractivity contribution in [2.45, 2.75) is 52.6 Å². The minimum absolute atomic E-state index is 0.00587. The summed E-state index contributed by atoms with van der Waals surface area (Å²) in [6.07, 6.45) is 0. The molecule has 1 saturated heterocycles. The zero-order valence-corrected chi connectivity index (χ0v) is 13.9. The number of hydrogen-bond donors (Lipinski definition) is 2. The first-order valence-corrected chi connectivity index (χ1v) is 7.38. The highest BCUT2D eigenvalue weighted by Gasteiger charge is 2.41. The molecule has 0 spiro atoms. The molecular weight excluding hydrogens is 254 g/mol. The second kappa shape index (κ2) is 6.00. The van der Waals surface area contributed by atoms with Gasteiger partial charge in [-0.15, -0.1) is 0 Å². The molecule has 118 valence electrons. The average molecular weight is 285 g/mol. The van der Waals surface area contributed by atoms with Crippen molar-refractivity contribution in [3.8, 4) is 0 Å². The zero-order chi connectivity index (χ0) is 15.6. The van der Waals surface area contributed by atoms with Gasteiger partial charge in [0.05, 0.1) is 18.6 Å². The summed E-state index contributed by atoms with van der Waals surface area (Å²) in [7, 11) is 0. The molecule has 0 atom stereocenters. The summed E-state index contributed by atoms with van der Waals surface area (Å²) >= 11 is 0. The molecule has 0 aromatic rings. The van der Waals surface area contributed by atoms with Crippen molar-refractivity contribution in [2.75, 3.05) is 32.8 Å². The Bertz CT molecular complexity index is 340. The summed E-state index contributed by atoms with van der Waals surface area (Å²) < 4.78 is 5.37. The van der Waals surface area contributed by atoms with Gasteiger partial charge < -0.3 is 15.8 Å². The van der Waals surface area contributed by atoms with E-state index in [0.717, 1.165) is 26.3 Å². The van der Waals surface area contributed by atoms with Gasteiger partial charge in [-0.2, -0.15) is 0 Å². The van der Waals surface area contributed by atoms with Crippen LogP contribution in [-0.4, -0.2) is 54.7 Å². The molecule has 1 aliphatic rings. The molecule has 0 unspecified atom stereocenters. The number of ether oxygens (including phenoxy) is 1. The molecule has 0 aliphatic carbocycles. The predicted octanol–water partition coefficient (Wildman–Crippen LogP) is 0.977. The average Bonchev–Trinajstić information content (AvgIpc) is 2.35. The van der Waals surface area contributed by atoms with Crippen LogP contribution in [0.3, 0.4) is 0 Å². The Morgan fingerprint density at radius 3 is 2.10 bits per heavy atom. The Morgan fingerprint density at radius 2 is 1.65 bits per heavy atom. The van der Waals surface area contributed by atoms with Gasteiger partial charge in [-0.25, -0.2) is 0 Å². The van der Waals surface area contributed by atoms with Crippen LogP contribution in [0.2, 0.25) is 0 Å². The minimum Gasteiger partial charge on any atom is -0.379 e. The number of hydrogen-bond acceptors (Lipinski definition) is 4. The van der Waals surface area contributed by atoms with E-state index in [0.29, 0.717) is 6.54 Å². The van der Waals surface area contributed by atoms with E-state index in [4.69, 9.17) is 10.5 Å². The Hall–Kier alpha value is -0.650. The van der Waals surface area contributed by atoms with Crippen molar-refractivity contribution in [2.24, 2.45) is 11.1 Å². The first-order valence-electron chi connectivity index (χ1n) is 7.38. The number of rotatable bonds is 5. The predicted molar refractivity (Wildman–Crippen MR) is 81.5 cm³/mol. The number of carbonyl (C=O) groups is 1. The highest BCUT2D eigenvalue weighted by Crippen LogP contribution is 2.28. The molecule has 1 rings (SSSR count). The van der Waals surface area contributed by atoms with E-state index < -0.39 is 11.0 Å². The smallest absolute Gasteiger partial charge is 0.227 e. The van der Waals surface area contributed by atoms with E-state index in [-0.39, 0.29) is 11.4 Å². The second-order valence-corrected chi connectivity index (χ2v) is 7.44. The van der Waals surface area contributed by atoms with Crippen LogP contribution in [-0.2, 0) is 9.53 Å². The normalized spacial score (nSPS) is 18.9. The van der Waals surface area contributed by atoms with Crippen LogP contribution >= 0.6 is 0 Å². The van der Waals surface area contributed by atoms with Crippen LogP contribution in [0, 0.1) is 5.41 Å². The molecule has 20 heavy (non-hydrogen) atoms. The van der Waals surface area contributed by atoms with Crippen LogP contribution < -0.4 is 11.1 Å². The standard InChI is InChI=1S/C15H31N3O2/c1-13(2,18-7-9-20-10-8-18)11-17-12(19)14(3,4)15(5,6)16/h7-11,16H2,1-6H3,(H,17,19). The van der Waals surface area contributed by atoms with Gasteiger partial charge in [0, 0.05) is 30.7 Å². The fourth-order valence-electron chi connectivity index (χ4n) is 2.09. The molecule has 1 aliphatic heterocycles. The number of nitrogens with zero attached hydrogens (tertiary/aromatic N) is 1. The lowest BCUT2D eigenvalue weighted by molar-refractivity contribution is -0.133. The molecule has 0 aromatic carbocycles. The van der Waals surface area contributed by atoms with Crippen LogP contribution in [0.1, 0.15) is 41.5 Å². The second-order valence-electron chi connectivity index (χ2n) is 7.44. The third kappa shape index (κ3) is 3.93. The Balaban J connectivity index is 2.59. The lowest BCUT2D eigenvalue weighted by Crippen LogP contribution is -2.60. The van der Waals surface area contributed by atoms with Gasteiger partial charge >= 0.3 is 0 Å². The van der Waals surface area contributed by atoms with Gasteiger partial charge in [-0.1, -0.05) is 0 Å². The van der Waals surface area contributed by atoms with Crippen LogP contribution in [0.4, 0.5) is 0 Å². The third-order valence-electron chi connectivity index (χ3n) is 4.73. The monoisotopic (exact) mass is 285 g/mol. The maximum absolute atomic E-state index is 12.4. The van der Waals surface area contributed by atoms with E-state index >= 15 is 0 Å². The highest BCUT2D eigenvalue weighted by molar-refractivity contribution is 5.83. The van der Waals surface area contributed by atoms with E-state index in [9.17, 15) is 4.79 Å². The van der Waals surface area contributed by atoms with Gasteiger partial charge in [-0.3, -0.25) is 9.69 Å². The van der Waals surface area contributed by atoms with Gasteiger partial charge in [0.15, 0.2) is 0 Å². The van der Waals surface area contributed by atoms with Crippen molar-refractivity contribution in [3.63, 3.8) is 0 Å². The highest BCUT2D eigenvalue weighted by atomic mass is 16.5. The summed E-state index contributed by atoms with van der Waals surface area (Å²) in [5.74, 6) is 0.00587. The van der Waals surface area contributed by atoms with Gasteiger partial charge in [-0.05, 0) is 41.5 Å². The summed E-state index contributed by atoms with van der Waals surface area (Å²) in [6.45, 7) is 15.8. The van der Waals surface area contributed by atoms with Gasteiger partial charge in [0.2, 0.25) is 5.91 Å². The fourth-order valence-corrected chi connectivity index (χ4v) is 2.09.